The van der Waals surface area contributed by atoms with Gasteiger partial charge >= 0.3 is 0 Å². The van der Waals surface area contributed by atoms with Crippen molar-refractivity contribution in [3.63, 3.8) is 0 Å². The molecule has 3 aromatic rings. The summed E-state index contributed by atoms with van der Waals surface area (Å²) in [6.45, 7) is 6.04. The molecule has 0 bridgehead atoms. The Hall–Kier alpha value is -3.49. The molecule has 200 valence electrons. The van der Waals surface area contributed by atoms with Gasteiger partial charge in [0, 0.05) is 61.8 Å². The van der Waals surface area contributed by atoms with Crippen LogP contribution in [-0.2, 0) is 4.79 Å². The Morgan fingerprint density at radius 3 is 2.45 bits per heavy atom. The molecule has 5 rings (SSSR count). The van der Waals surface area contributed by atoms with Gasteiger partial charge in [0.2, 0.25) is 5.91 Å². The van der Waals surface area contributed by atoms with Gasteiger partial charge in [-0.15, -0.1) is 0 Å². The van der Waals surface area contributed by atoms with E-state index in [0.717, 1.165) is 38.2 Å². The molecule has 2 N–H and O–H groups in total. The fourth-order valence-corrected chi connectivity index (χ4v) is 5.14. The minimum Gasteiger partial charge on any atom is -0.340 e. The number of aromatic nitrogens is 2. The number of hydrogen-bond acceptors (Lipinski definition) is 5. The van der Waals surface area contributed by atoms with Gasteiger partial charge in [0.15, 0.2) is 0 Å². The Kier molecular flexibility index (Phi) is 8.20. The molecule has 8 heteroatoms. The Balaban J connectivity index is 1.16. The van der Waals surface area contributed by atoms with Gasteiger partial charge in [-0.2, -0.15) is 0 Å². The van der Waals surface area contributed by atoms with Crippen molar-refractivity contribution in [2.75, 3.05) is 39.8 Å². The van der Waals surface area contributed by atoms with E-state index in [2.05, 4.69) is 58.8 Å². The van der Waals surface area contributed by atoms with Crippen LogP contribution in [0, 0.1) is 6.92 Å². The van der Waals surface area contributed by atoms with E-state index >= 15 is 0 Å². The van der Waals surface area contributed by atoms with Crippen molar-refractivity contribution in [1.29, 1.82) is 0 Å². The third-order valence-corrected chi connectivity index (χ3v) is 7.72. The van der Waals surface area contributed by atoms with Crippen molar-refractivity contribution < 1.29 is 9.59 Å². The van der Waals surface area contributed by atoms with E-state index < -0.39 is 6.04 Å². The summed E-state index contributed by atoms with van der Waals surface area (Å²) in [5.74, 6) is 0.373. The first-order chi connectivity index (χ1) is 18.5. The number of imidazole rings is 1. The number of nitrogens with zero attached hydrogens (tertiary/aromatic N) is 4. The lowest BCUT2D eigenvalue weighted by atomic mass is 10.1. The Morgan fingerprint density at radius 2 is 1.76 bits per heavy atom. The molecule has 38 heavy (non-hydrogen) atoms. The topological polar surface area (TPSA) is 82.5 Å². The van der Waals surface area contributed by atoms with Crippen LogP contribution in [0.15, 0.2) is 67.3 Å². The number of carbonyl (C=O) groups excluding carboxylic acids is 2. The maximum atomic E-state index is 13.4. The monoisotopic (exact) mass is 514 g/mol. The molecular formula is C30H38N6O2. The first-order valence-corrected chi connectivity index (χ1v) is 13.6. The zero-order valence-corrected chi connectivity index (χ0v) is 22.3. The van der Waals surface area contributed by atoms with Gasteiger partial charge in [-0.1, -0.05) is 29.8 Å². The summed E-state index contributed by atoms with van der Waals surface area (Å²) in [4.78, 5) is 34.8. The van der Waals surface area contributed by atoms with Crippen molar-refractivity contribution in [3.8, 4) is 5.69 Å². The smallest absolute Gasteiger partial charge is 0.251 e. The van der Waals surface area contributed by atoms with Crippen LogP contribution in [-0.4, -0.2) is 83.0 Å². The molecule has 2 amide bonds. The van der Waals surface area contributed by atoms with Gasteiger partial charge < -0.3 is 25.0 Å². The molecule has 2 fully saturated rings. The van der Waals surface area contributed by atoms with Gasteiger partial charge in [0.05, 0.1) is 6.33 Å². The normalized spacial score (nSPS) is 20.2. The van der Waals surface area contributed by atoms with E-state index in [-0.39, 0.29) is 11.8 Å². The second-order valence-corrected chi connectivity index (χ2v) is 10.6. The number of likely N-dealkylation sites (N-methyl/N-ethyl adjacent to an activating group) is 1. The fraction of sp³-hybridized carbons (Fsp3) is 0.433. The van der Waals surface area contributed by atoms with E-state index in [1.54, 1.807) is 24.7 Å². The minimum absolute atomic E-state index is 0.0189. The van der Waals surface area contributed by atoms with Crippen LogP contribution in [0.25, 0.3) is 5.69 Å². The van der Waals surface area contributed by atoms with Gasteiger partial charge in [0.1, 0.15) is 6.04 Å². The average Bonchev–Trinajstić information content (AvgIpc) is 3.49. The lowest BCUT2D eigenvalue weighted by Gasteiger charge is -2.34. The highest BCUT2D eigenvalue weighted by Gasteiger charge is 2.37. The Bertz CT molecular complexity index is 1200. The number of piperazine rings is 1. The van der Waals surface area contributed by atoms with Crippen molar-refractivity contribution in [1.82, 2.24) is 30.0 Å². The summed E-state index contributed by atoms with van der Waals surface area (Å²) >= 11 is 0. The SMILES string of the molecule is Cc1ccc([C@@H]2C[C@H]2NCCC[C@H](NC(=O)c2ccc(-n3ccnc3)cc2)C(=O)N2CCN(C)CC2)cc1. The largest absolute Gasteiger partial charge is 0.340 e. The molecule has 1 saturated heterocycles. The molecule has 1 saturated carbocycles. The second kappa shape index (κ2) is 11.9. The van der Waals surface area contributed by atoms with Crippen LogP contribution >= 0.6 is 0 Å². The number of aryl methyl sites for hydroxylation is 1. The maximum absolute atomic E-state index is 13.4. The molecule has 0 radical (unpaired) electrons. The average molecular weight is 515 g/mol. The van der Waals surface area contributed by atoms with Crippen molar-refractivity contribution in [2.24, 2.45) is 0 Å². The van der Waals surface area contributed by atoms with Gasteiger partial charge in [0.25, 0.3) is 5.91 Å². The van der Waals surface area contributed by atoms with E-state index in [9.17, 15) is 9.59 Å². The summed E-state index contributed by atoms with van der Waals surface area (Å²) in [5, 5.41) is 6.70. The van der Waals surface area contributed by atoms with Crippen LogP contribution in [0.4, 0.5) is 0 Å². The summed E-state index contributed by atoms with van der Waals surface area (Å²) < 4.78 is 1.89. The van der Waals surface area contributed by atoms with E-state index in [0.29, 0.717) is 37.0 Å². The number of nitrogens with one attached hydrogen (secondary N) is 2. The quantitative estimate of drug-likeness (QED) is 0.407. The minimum atomic E-state index is -0.534. The predicted octanol–water partition coefficient (Wildman–Crippen LogP) is 2.98. The van der Waals surface area contributed by atoms with E-state index in [1.807, 2.05) is 27.8 Å². The molecule has 3 atom stereocenters. The third-order valence-electron chi connectivity index (χ3n) is 7.72. The molecule has 1 aliphatic carbocycles. The summed E-state index contributed by atoms with van der Waals surface area (Å²) in [6.07, 6.45) is 7.88. The molecule has 1 aliphatic heterocycles. The molecule has 0 spiro atoms. The highest BCUT2D eigenvalue weighted by atomic mass is 16.2. The standard InChI is InChI=1S/C30H38N6O2/c1-22-5-7-23(8-6-22)26-20-28(26)32-13-3-4-27(30(38)35-18-16-34(2)17-19-35)33-29(37)24-9-11-25(12-10-24)36-15-14-31-21-36/h5-12,14-15,21,26-28,32H,3-4,13,16-20H2,1-2H3,(H,33,37)/t26-,27-,28+/m0/s1. The van der Waals surface area contributed by atoms with Gasteiger partial charge in [-0.3, -0.25) is 9.59 Å². The Morgan fingerprint density at radius 1 is 1.03 bits per heavy atom. The van der Waals surface area contributed by atoms with Crippen molar-refractivity contribution in [3.05, 3.63) is 83.9 Å². The lowest BCUT2D eigenvalue weighted by molar-refractivity contribution is -0.135. The molecule has 1 aromatic heterocycles. The first kappa shape index (κ1) is 26.1. The number of benzene rings is 2. The van der Waals surface area contributed by atoms with Gasteiger partial charge in [-0.25, -0.2) is 4.98 Å². The lowest BCUT2D eigenvalue weighted by Crippen LogP contribution is -2.54. The number of carbonyl (C=O) groups is 2. The second-order valence-electron chi connectivity index (χ2n) is 10.6. The zero-order valence-electron chi connectivity index (χ0n) is 22.3. The Labute approximate surface area is 225 Å². The molecule has 2 aromatic carbocycles. The molecular weight excluding hydrogens is 476 g/mol. The summed E-state index contributed by atoms with van der Waals surface area (Å²) in [5.41, 5.74) is 4.15. The van der Waals surface area contributed by atoms with Crippen LogP contribution in [0.1, 0.15) is 46.7 Å². The van der Waals surface area contributed by atoms with Crippen LogP contribution in [0.5, 0.6) is 0 Å². The van der Waals surface area contributed by atoms with Gasteiger partial charge in [-0.05, 0) is 69.6 Å². The summed E-state index contributed by atoms with van der Waals surface area (Å²) in [7, 11) is 2.07. The highest BCUT2D eigenvalue weighted by Crippen LogP contribution is 2.40. The zero-order chi connectivity index (χ0) is 26.5. The van der Waals surface area contributed by atoms with Crippen LogP contribution < -0.4 is 10.6 Å². The summed E-state index contributed by atoms with van der Waals surface area (Å²) in [6, 6.07) is 16.1. The van der Waals surface area contributed by atoms with E-state index in [1.165, 1.54) is 11.1 Å². The maximum Gasteiger partial charge on any atom is 0.251 e. The van der Waals surface area contributed by atoms with Crippen molar-refractivity contribution >= 4 is 11.8 Å². The van der Waals surface area contributed by atoms with Crippen LogP contribution in [0.3, 0.4) is 0 Å². The number of hydrogen-bond donors (Lipinski definition) is 2. The highest BCUT2D eigenvalue weighted by molar-refractivity contribution is 5.97. The number of amides is 2. The van der Waals surface area contributed by atoms with E-state index in [4.69, 9.17) is 0 Å². The molecule has 2 aliphatic rings. The van der Waals surface area contributed by atoms with Crippen molar-refractivity contribution in [2.45, 2.75) is 44.2 Å². The predicted molar refractivity (Wildman–Crippen MR) is 148 cm³/mol. The number of rotatable bonds is 10. The fourth-order valence-electron chi connectivity index (χ4n) is 5.14. The van der Waals surface area contributed by atoms with Crippen LogP contribution in [0.2, 0.25) is 0 Å². The molecule has 0 unspecified atom stereocenters. The molecule has 8 nitrogen and oxygen atoms in total. The first-order valence-electron chi connectivity index (χ1n) is 13.6. The third kappa shape index (κ3) is 6.49. The molecule has 2 heterocycles.